The zero-order chi connectivity index (χ0) is 13.8. The van der Waals surface area contributed by atoms with Gasteiger partial charge in [-0.2, -0.15) is 0 Å². The number of carbonyl (C=O) groups excluding carboxylic acids is 1. The van der Waals surface area contributed by atoms with Crippen LogP contribution in [0.25, 0.3) is 0 Å². The first-order valence-corrected chi connectivity index (χ1v) is 6.53. The average Bonchev–Trinajstić information content (AvgIpc) is 2.25. The smallest absolute Gasteiger partial charge is 0.326 e. The minimum Gasteiger partial charge on any atom is -0.480 e. The Morgan fingerprint density at radius 3 is 2.33 bits per heavy atom. The fourth-order valence-electron chi connectivity index (χ4n) is 2.22. The van der Waals surface area contributed by atoms with Crippen molar-refractivity contribution in [3.8, 4) is 0 Å². The molecule has 0 saturated carbocycles. The number of aliphatic carboxylic acids is 1. The average molecular weight is 256 g/mol. The zero-order valence-electron chi connectivity index (χ0n) is 11.5. The van der Waals surface area contributed by atoms with Gasteiger partial charge in [-0.15, -0.1) is 0 Å². The Morgan fingerprint density at radius 1 is 1.33 bits per heavy atom. The highest BCUT2D eigenvalue weighted by molar-refractivity contribution is 5.84. The number of hydrogen-bond donors (Lipinski definition) is 3. The number of rotatable bonds is 4. The van der Waals surface area contributed by atoms with Crippen molar-refractivity contribution in [2.24, 2.45) is 11.3 Å². The summed E-state index contributed by atoms with van der Waals surface area (Å²) in [6.45, 7) is 7.34. The van der Waals surface area contributed by atoms with Gasteiger partial charge in [-0.05, 0) is 37.3 Å². The second-order valence-electron chi connectivity index (χ2n) is 6.10. The molecule has 0 bridgehead atoms. The van der Waals surface area contributed by atoms with Crippen LogP contribution in [0.3, 0.4) is 0 Å². The van der Waals surface area contributed by atoms with E-state index in [9.17, 15) is 9.59 Å². The molecule has 0 aliphatic carbocycles. The first-order chi connectivity index (χ1) is 8.30. The highest BCUT2D eigenvalue weighted by Gasteiger charge is 2.32. The number of amides is 1. The molecule has 3 N–H and O–H groups in total. The lowest BCUT2D eigenvalue weighted by Crippen LogP contribution is -2.49. The van der Waals surface area contributed by atoms with Gasteiger partial charge in [0.1, 0.15) is 6.04 Å². The summed E-state index contributed by atoms with van der Waals surface area (Å²) in [6, 6.07) is -0.827. The zero-order valence-corrected chi connectivity index (χ0v) is 11.5. The summed E-state index contributed by atoms with van der Waals surface area (Å²) in [7, 11) is 0. The van der Waals surface area contributed by atoms with Crippen LogP contribution in [0.5, 0.6) is 0 Å². The lowest BCUT2D eigenvalue weighted by Gasteiger charge is -2.29. The second kappa shape index (κ2) is 6.18. The van der Waals surface area contributed by atoms with E-state index < -0.39 is 17.4 Å². The lowest BCUT2D eigenvalue weighted by atomic mass is 9.86. The van der Waals surface area contributed by atoms with Crippen molar-refractivity contribution >= 4 is 11.9 Å². The summed E-state index contributed by atoms with van der Waals surface area (Å²) in [5.74, 6) is -0.744. The van der Waals surface area contributed by atoms with Crippen molar-refractivity contribution in [2.75, 3.05) is 13.1 Å². The Labute approximate surface area is 108 Å². The molecule has 0 aromatic carbocycles. The van der Waals surface area contributed by atoms with Gasteiger partial charge in [-0.25, -0.2) is 4.79 Å². The van der Waals surface area contributed by atoms with Gasteiger partial charge in [0, 0.05) is 6.42 Å². The van der Waals surface area contributed by atoms with Gasteiger partial charge in [0.15, 0.2) is 0 Å². The number of carboxylic acids is 1. The maximum Gasteiger partial charge on any atom is 0.326 e. The number of piperidine rings is 1. The molecule has 0 aromatic heterocycles. The molecule has 1 fully saturated rings. The van der Waals surface area contributed by atoms with Crippen LogP contribution in [0.4, 0.5) is 0 Å². The van der Waals surface area contributed by atoms with Crippen LogP contribution in [0, 0.1) is 11.3 Å². The van der Waals surface area contributed by atoms with Crippen molar-refractivity contribution in [1.82, 2.24) is 10.6 Å². The third-order valence-corrected chi connectivity index (χ3v) is 3.35. The van der Waals surface area contributed by atoms with E-state index in [0.29, 0.717) is 12.3 Å². The largest absolute Gasteiger partial charge is 0.480 e. The second-order valence-corrected chi connectivity index (χ2v) is 6.10. The third-order valence-electron chi connectivity index (χ3n) is 3.35. The highest BCUT2D eigenvalue weighted by atomic mass is 16.4. The van der Waals surface area contributed by atoms with Crippen molar-refractivity contribution in [1.29, 1.82) is 0 Å². The number of carbonyl (C=O) groups is 2. The van der Waals surface area contributed by atoms with Crippen molar-refractivity contribution < 1.29 is 14.7 Å². The van der Waals surface area contributed by atoms with Crippen molar-refractivity contribution in [3.05, 3.63) is 0 Å². The summed E-state index contributed by atoms with van der Waals surface area (Å²) in [5.41, 5.74) is -0.477. The van der Waals surface area contributed by atoms with Crippen LogP contribution in [-0.4, -0.2) is 36.1 Å². The molecule has 5 nitrogen and oxygen atoms in total. The van der Waals surface area contributed by atoms with Gasteiger partial charge in [0.2, 0.25) is 5.91 Å². The van der Waals surface area contributed by atoms with E-state index in [0.717, 1.165) is 25.9 Å². The van der Waals surface area contributed by atoms with Gasteiger partial charge >= 0.3 is 5.97 Å². The number of carboxylic acid groups (broad SMARTS) is 1. The van der Waals surface area contributed by atoms with E-state index in [1.165, 1.54) is 0 Å². The van der Waals surface area contributed by atoms with Crippen LogP contribution < -0.4 is 10.6 Å². The summed E-state index contributed by atoms with van der Waals surface area (Å²) >= 11 is 0. The van der Waals surface area contributed by atoms with E-state index in [-0.39, 0.29) is 5.91 Å². The number of hydrogen-bond acceptors (Lipinski definition) is 3. The maximum absolute atomic E-state index is 11.9. The first-order valence-electron chi connectivity index (χ1n) is 6.53. The Morgan fingerprint density at radius 2 is 1.89 bits per heavy atom. The Balaban J connectivity index is 2.48. The lowest BCUT2D eigenvalue weighted by molar-refractivity contribution is -0.145. The summed E-state index contributed by atoms with van der Waals surface area (Å²) in [4.78, 5) is 23.0. The molecule has 1 heterocycles. The molecule has 1 aliphatic heterocycles. The molecule has 0 aromatic rings. The Kier molecular flexibility index (Phi) is 5.14. The molecule has 1 atom stereocenters. The molecule has 0 spiro atoms. The molecule has 5 heteroatoms. The molecule has 0 radical (unpaired) electrons. The fourth-order valence-corrected chi connectivity index (χ4v) is 2.22. The summed E-state index contributed by atoms with van der Waals surface area (Å²) < 4.78 is 0. The molecule has 18 heavy (non-hydrogen) atoms. The van der Waals surface area contributed by atoms with Gasteiger partial charge < -0.3 is 15.7 Å². The Bertz CT molecular complexity index is 304. The van der Waals surface area contributed by atoms with E-state index in [1.54, 1.807) is 0 Å². The van der Waals surface area contributed by atoms with Gasteiger partial charge in [0.25, 0.3) is 0 Å². The fraction of sp³-hybridized carbons (Fsp3) is 0.846. The van der Waals surface area contributed by atoms with Gasteiger partial charge in [-0.1, -0.05) is 20.8 Å². The molecule has 1 unspecified atom stereocenters. The van der Waals surface area contributed by atoms with Crippen molar-refractivity contribution in [3.63, 3.8) is 0 Å². The van der Waals surface area contributed by atoms with E-state index in [2.05, 4.69) is 10.6 Å². The van der Waals surface area contributed by atoms with Crippen LogP contribution in [0.2, 0.25) is 0 Å². The number of nitrogens with one attached hydrogen (secondary N) is 2. The molecule has 1 rings (SSSR count). The quantitative estimate of drug-likeness (QED) is 0.701. The highest BCUT2D eigenvalue weighted by Crippen LogP contribution is 2.21. The van der Waals surface area contributed by atoms with Crippen LogP contribution in [0.15, 0.2) is 0 Å². The van der Waals surface area contributed by atoms with Crippen LogP contribution >= 0.6 is 0 Å². The standard InChI is InChI=1S/C13H24N2O3/c1-13(2,3)11(12(17)18)15-10(16)8-9-4-6-14-7-5-9/h9,11,14H,4-8H2,1-3H3,(H,15,16)(H,17,18). The monoisotopic (exact) mass is 256 g/mol. The van der Waals surface area contributed by atoms with Gasteiger partial charge in [-0.3, -0.25) is 4.79 Å². The molecule has 1 amide bonds. The van der Waals surface area contributed by atoms with E-state index in [4.69, 9.17) is 5.11 Å². The SMILES string of the molecule is CC(C)(C)C(NC(=O)CC1CCNCC1)C(=O)O. The third kappa shape index (κ3) is 4.64. The van der Waals surface area contributed by atoms with Crippen molar-refractivity contribution in [2.45, 2.75) is 46.1 Å². The van der Waals surface area contributed by atoms with Gasteiger partial charge in [0.05, 0.1) is 0 Å². The minimum atomic E-state index is -0.971. The minimum absolute atomic E-state index is 0.149. The maximum atomic E-state index is 11.9. The first kappa shape index (κ1) is 15.0. The molecule has 104 valence electrons. The summed E-state index contributed by atoms with van der Waals surface area (Å²) in [5, 5.41) is 15.0. The van der Waals surface area contributed by atoms with Crippen LogP contribution in [-0.2, 0) is 9.59 Å². The van der Waals surface area contributed by atoms with E-state index >= 15 is 0 Å². The Hall–Kier alpha value is -1.10. The predicted molar refractivity (Wildman–Crippen MR) is 69.2 cm³/mol. The molecule has 1 saturated heterocycles. The molecular formula is C13H24N2O3. The topological polar surface area (TPSA) is 78.4 Å². The molecule has 1 aliphatic rings. The summed E-state index contributed by atoms with van der Waals surface area (Å²) in [6.07, 6.45) is 2.41. The normalized spacial score (nSPS) is 19.3. The predicted octanol–water partition coefficient (Wildman–Crippen LogP) is 0.992. The molecular weight excluding hydrogens is 232 g/mol. The van der Waals surface area contributed by atoms with Crippen LogP contribution in [0.1, 0.15) is 40.0 Å². The van der Waals surface area contributed by atoms with E-state index in [1.807, 2.05) is 20.8 Å².